The molecular formula is C40H44ClN5O13P2. The molecule has 2 fully saturated rings. The zero-order valence-electron chi connectivity index (χ0n) is 33.5. The number of imidazole rings is 1. The number of methoxy groups -OCH3 is 2. The maximum Gasteiger partial charge on any atom is 0.444 e. The van der Waals surface area contributed by atoms with E-state index in [1.54, 1.807) is 25.1 Å². The van der Waals surface area contributed by atoms with Gasteiger partial charge in [-0.15, -0.1) is 0 Å². The van der Waals surface area contributed by atoms with Crippen molar-refractivity contribution < 1.29 is 61.2 Å². The molecule has 18 nitrogen and oxygen atoms in total. The molecule has 1 saturated heterocycles. The van der Waals surface area contributed by atoms with Gasteiger partial charge in [-0.3, -0.25) is 9.09 Å². The summed E-state index contributed by atoms with van der Waals surface area (Å²) in [5, 5.41) is 22.6. The number of aromatic nitrogens is 4. The summed E-state index contributed by atoms with van der Waals surface area (Å²) in [5.74, 6) is -2.72. The molecule has 3 heterocycles. The lowest BCUT2D eigenvalue weighted by atomic mass is 10.1. The van der Waals surface area contributed by atoms with Gasteiger partial charge in [0.2, 0.25) is 5.28 Å². The topological polar surface area (TPSA) is 220 Å². The van der Waals surface area contributed by atoms with E-state index in [0.717, 1.165) is 39.9 Å². The molecule has 324 valence electrons. The summed E-state index contributed by atoms with van der Waals surface area (Å²) in [6, 6.07) is 18.2. The Hall–Kier alpha value is -5.06. The maximum atomic E-state index is 15.2. The number of fused-ring (bicyclic) bond motifs is 1. The third-order valence-electron chi connectivity index (χ3n) is 10.4. The molecule has 21 heteroatoms. The monoisotopic (exact) mass is 899 g/mol. The third kappa shape index (κ3) is 9.56. The predicted octanol–water partition coefficient (Wildman–Crippen LogP) is 6.96. The zero-order valence-corrected chi connectivity index (χ0v) is 36.1. The van der Waals surface area contributed by atoms with Crippen LogP contribution in [-0.4, -0.2) is 99.8 Å². The number of para-hydroxylation sites is 3. The normalized spacial score (nSPS) is 21.0. The van der Waals surface area contributed by atoms with Crippen molar-refractivity contribution in [3.63, 3.8) is 0 Å². The Morgan fingerprint density at radius 1 is 0.836 bits per heavy atom. The second-order valence-corrected chi connectivity index (χ2v) is 19.1. The molecule has 61 heavy (non-hydrogen) atoms. The largest absolute Gasteiger partial charge is 0.465 e. The number of aliphatic hydroxyl groups excluding tert-OH is 2. The number of nitrogens with zero attached hydrogens (tertiary/aromatic N) is 5. The highest BCUT2D eigenvalue weighted by Gasteiger charge is 2.49. The number of hydrogen-bond donors (Lipinski definition) is 2. The van der Waals surface area contributed by atoms with Crippen LogP contribution in [0, 0.1) is 6.92 Å². The minimum Gasteiger partial charge on any atom is -0.465 e. The van der Waals surface area contributed by atoms with Crippen molar-refractivity contribution in [2.75, 3.05) is 38.7 Å². The highest BCUT2D eigenvalue weighted by atomic mass is 35.5. The SMILES string of the molecule is COC(=O)c1ccccc1OP(=O)(CP(=O)(Oc1ccccc1C)Oc1ccccc1C(=O)OC)OC[C@H]1O[C@@H](n2cnc3c(N(C)C4CCCC4)nc(Cl)nc32)[C@H](O)[C@@H]1O. The van der Waals surface area contributed by atoms with Gasteiger partial charge in [0.05, 0.1) is 27.2 Å². The minimum atomic E-state index is -4.90. The lowest BCUT2D eigenvalue weighted by Crippen LogP contribution is -2.34. The summed E-state index contributed by atoms with van der Waals surface area (Å²) >= 11 is 6.40. The fraction of sp³-hybridized carbons (Fsp3) is 0.375. The van der Waals surface area contributed by atoms with Crippen molar-refractivity contribution in [1.82, 2.24) is 19.5 Å². The maximum absolute atomic E-state index is 15.2. The van der Waals surface area contributed by atoms with Crippen molar-refractivity contribution in [1.29, 1.82) is 0 Å². The first-order valence-electron chi connectivity index (χ1n) is 19.2. The molecule has 2 N–H and O–H groups in total. The van der Waals surface area contributed by atoms with Crippen LogP contribution in [0.2, 0.25) is 5.28 Å². The van der Waals surface area contributed by atoms with Crippen molar-refractivity contribution in [2.45, 2.75) is 63.2 Å². The number of carbonyl (C=O) groups is 2. The number of aryl methyl sites for hydroxylation is 1. The summed E-state index contributed by atoms with van der Waals surface area (Å²) < 4.78 is 71.6. The summed E-state index contributed by atoms with van der Waals surface area (Å²) in [6.45, 7) is 0.952. The van der Waals surface area contributed by atoms with Crippen LogP contribution in [-0.2, 0) is 27.9 Å². The summed E-state index contributed by atoms with van der Waals surface area (Å²) in [6.07, 6.45) is -0.428. The van der Waals surface area contributed by atoms with Gasteiger partial charge in [0.25, 0.3) is 0 Å². The standard InChI is InChI=1S/C40H44ClN5O13P2/c1-24-13-5-10-18-28(24)57-61(52,59-30-20-12-9-17-27(30)39(50)54-4)23-60(51,58-29-19-11-8-16-26(29)38(49)53-3)55-21-31-33(47)34(48)37(56-31)46-22-42-32-35(43-40(41)44-36(32)46)45(2)25-14-6-7-15-25/h5,8-13,16-20,22,25,31,33-34,37,47-48H,6-7,14-15,21,23H2,1-4H3/t31-,33-,34-,37-,60?,61?/m1/s1. The molecule has 2 aromatic heterocycles. The van der Waals surface area contributed by atoms with E-state index >= 15 is 9.13 Å². The van der Waals surface area contributed by atoms with Gasteiger partial charge in [0.1, 0.15) is 46.7 Å². The van der Waals surface area contributed by atoms with E-state index in [4.69, 9.17) is 43.9 Å². The van der Waals surface area contributed by atoms with Gasteiger partial charge >= 0.3 is 27.1 Å². The lowest BCUT2D eigenvalue weighted by molar-refractivity contribution is -0.0482. The number of benzene rings is 3. The Balaban J connectivity index is 1.22. The second-order valence-electron chi connectivity index (χ2n) is 14.4. The fourth-order valence-electron chi connectivity index (χ4n) is 7.20. The summed E-state index contributed by atoms with van der Waals surface area (Å²) in [7, 11) is -5.49. The van der Waals surface area contributed by atoms with Crippen LogP contribution < -0.4 is 18.5 Å². The number of ether oxygens (including phenoxy) is 3. The molecule has 1 aliphatic carbocycles. The first-order chi connectivity index (χ1) is 29.2. The average molecular weight is 900 g/mol. The van der Waals surface area contributed by atoms with Gasteiger partial charge in [-0.2, -0.15) is 9.97 Å². The van der Waals surface area contributed by atoms with E-state index in [0.29, 0.717) is 16.9 Å². The van der Waals surface area contributed by atoms with Gasteiger partial charge in [-0.1, -0.05) is 55.3 Å². The molecule has 3 aromatic carbocycles. The Kier molecular flexibility index (Phi) is 13.4. The minimum absolute atomic E-state index is 0.0684. The highest BCUT2D eigenvalue weighted by molar-refractivity contribution is 7.72. The second kappa shape index (κ2) is 18.5. The first kappa shape index (κ1) is 44.0. The number of rotatable bonds is 16. The zero-order chi connectivity index (χ0) is 43.5. The molecule has 7 rings (SSSR count). The number of hydrogen-bond acceptors (Lipinski definition) is 17. The van der Waals surface area contributed by atoms with Gasteiger partial charge in [-0.25, -0.2) is 23.7 Å². The molecule has 0 amide bonds. The molecule has 2 aliphatic rings. The third-order valence-corrected chi connectivity index (χ3v) is 15.3. The van der Waals surface area contributed by atoms with Gasteiger partial charge in [0, 0.05) is 13.1 Å². The van der Waals surface area contributed by atoms with Crippen molar-refractivity contribution in [2.24, 2.45) is 0 Å². The van der Waals surface area contributed by atoms with E-state index in [9.17, 15) is 19.8 Å². The number of esters is 2. The van der Waals surface area contributed by atoms with E-state index in [1.165, 1.54) is 65.5 Å². The molecule has 1 aliphatic heterocycles. The first-order valence-corrected chi connectivity index (χ1v) is 23.0. The van der Waals surface area contributed by atoms with Crippen molar-refractivity contribution in [3.05, 3.63) is 101 Å². The number of halogens is 1. The smallest absolute Gasteiger partial charge is 0.444 e. The van der Waals surface area contributed by atoms with Crippen LogP contribution in [0.25, 0.3) is 11.2 Å². The van der Waals surface area contributed by atoms with Crippen LogP contribution in [0.5, 0.6) is 17.2 Å². The van der Waals surface area contributed by atoms with E-state index in [1.807, 2.05) is 11.9 Å². The molecule has 0 radical (unpaired) electrons. The predicted molar refractivity (Wildman–Crippen MR) is 222 cm³/mol. The van der Waals surface area contributed by atoms with Crippen LogP contribution >= 0.6 is 26.8 Å². The number of carbonyl (C=O) groups excluding carboxylic acids is 2. The van der Waals surface area contributed by atoms with E-state index in [-0.39, 0.29) is 45.3 Å². The van der Waals surface area contributed by atoms with Crippen LogP contribution in [0.3, 0.4) is 0 Å². The van der Waals surface area contributed by atoms with Crippen LogP contribution in [0.4, 0.5) is 5.82 Å². The number of aliphatic hydroxyl groups is 2. The van der Waals surface area contributed by atoms with Gasteiger partial charge in [0.15, 0.2) is 29.1 Å². The fourth-order valence-corrected chi connectivity index (χ4v) is 12.0. The summed E-state index contributed by atoms with van der Waals surface area (Å²) in [4.78, 5) is 40.9. The summed E-state index contributed by atoms with van der Waals surface area (Å²) in [5.41, 5.74) is 0.871. The Morgan fingerprint density at radius 3 is 2.00 bits per heavy atom. The van der Waals surface area contributed by atoms with E-state index < -0.39 is 64.2 Å². The average Bonchev–Trinajstić information content (AvgIpc) is 4.00. The van der Waals surface area contributed by atoms with Crippen molar-refractivity contribution in [3.8, 4) is 17.2 Å². The van der Waals surface area contributed by atoms with E-state index in [2.05, 4.69) is 15.0 Å². The Morgan fingerprint density at radius 2 is 1.39 bits per heavy atom. The van der Waals surface area contributed by atoms with Gasteiger partial charge in [-0.05, 0) is 67.3 Å². The lowest BCUT2D eigenvalue weighted by Gasteiger charge is -2.27. The Labute approximate surface area is 355 Å². The van der Waals surface area contributed by atoms with Crippen LogP contribution in [0.1, 0.15) is 58.2 Å². The number of anilines is 1. The molecular weight excluding hydrogens is 856 g/mol. The molecule has 1 saturated carbocycles. The molecule has 6 atom stereocenters. The molecule has 0 bridgehead atoms. The van der Waals surface area contributed by atoms with Gasteiger partial charge < -0.3 is 42.9 Å². The molecule has 0 spiro atoms. The van der Waals surface area contributed by atoms with Crippen molar-refractivity contribution >= 4 is 55.7 Å². The highest BCUT2D eigenvalue weighted by Crippen LogP contribution is 2.64. The Bertz CT molecular complexity index is 2500. The molecule has 2 unspecified atom stereocenters. The molecule has 5 aromatic rings. The quantitative estimate of drug-likeness (QED) is 0.0581. The van der Waals surface area contributed by atoms with Crippen LogP contribution in [0.15, 0.2) is 79.1 Å².